The number of hydrogen-bond donors (Lipinski definition) is 1. The van der Waals surface area contributed by atoms with Gasteiger partial charge in [-0.05, 0) is 37.4 Å². The number of rotatable bonds is 7. The number of likely N-dealkylation sites (tertiary alicyclic amines) is 1. The molecule has 2 aromatic rings. The van der Waals surface area contributed by atoms with Crippen LogP contribution in [0.4, 0.5) is 5.82 Å². The Hall–Kier alpha value is -2.44. The van der Waals surface area contributed by atoms with Gasteiger partial charge in [-0.1, -0.05) is 36.4 Å². The molecule has 1 aliphatic heterocycles. The van der Waals surface area contributed by atoms with Gasteiger partial charge < -0.3 is 15.0 Å². The van der Waals surface area contributed by atoms with E-state index >= 15 is 0 Å². The van der Waals surface area contributed by atoms with Crippen molar-refractivity contribution in [3.05, 3.63) is 59.9 Å². The molecule has 3 rings (SSSR count). The third-order valence-corrected chi connectivity index (χ3v) is 4.88. The topological polar surface area (TPSA) is 67.3 Å². The molecule has 7 heteroatoms. The lowest BCUT2D eigenvalue weighted by Gasteiger charge is -2.33. The van der Waals surface area contributed by atoms with Gasteiger partial charge in [-0.25, -0.2) is 14.8 Å². The highest BCUT2D eigenvalue weighted by Crippen LogP contribution is 2.19. The molecule has 0 spiro atoms. The molecule has 27 heavy (non-hydrogen) atoms. The second-order valence-electron chi connectivity index (χ2n) is 6.49. The Morgan fingerprint density at radius 3 is 2.96 bits per heavy atom. The van der Waals surface area contributed by atoms with Crippen molar-refractivity contribution in [1.29, 1.82) is 0 Å². The summed E-state index contributed by atoms with van der Waals surface area (Å²) in [5.74, 6) is 0.285. The number of ether oxygens (including phenoxy) is 1. The number of esters is 1. The molecule has 0 saturated carbocycles. The maximum Gasteiger partial charge on any atom is 0.336 e. The first-order valence-electron chi connectivity index (χ1n) is 9.02. The molecule has 6 nitrogen and oxygen atoms in total. The van der Waals surface area contributed by atoms with Crippen molar-refractivity contribution < 1.29 is 9.53 Å². The molecular weight excluding hydrogens is 364 g/mol. The Bertz CT molecular complexity index is 782. The second kappa shape index (κ2) is 9.48. The van der Waals surface area contributed by atoms with Crippen LogP contribution in [0.15, 0.2) is 49.3 Å². The van der Waals surface area contributed by atoms with Gasteiger partial charge in [-0.15, -0.1) is 0 Å². The quantitative estimate of drug-likeness (QED) is 0.581. The van der Waals surface area contributed by atoms with E-state index in [2.05, 4.69) is 32.8 Å². The molecule has 0 bridgehead atoms. The molecule has 1 fully saturated rings. The Kier molecular flexibility index (Phi) is 6.79. The van der Waals surface area contributed by atoms with Crippen molar-refractivity contribution in [2.75, 3.05) is 25.0 Å². The molecule has 142 valence electrons. The monoisotopic (exact) mass is 386 g/mol. The van der Waals surface area contributed by atoms with E-state index in [4.69, 9.17) is 16.3 Å². The van der Waals surface area contributed by atoms with Gasteiger partial charge in [0.15, 0.2) is 0 Å². The Labute approximate surface area is 164 Å². The van der Waals surface area contributed by atoms with Gasteiger partial charge in [-0.3, -0.25) is 0 Å². The van der Waals surface area contributed by atoms with Crippen molar-refractivity contribution in [2.45, 2.75) is 25.3 Å². The van der Waals surface area contributed by atoms with Crippen LogP contribution in [0.1, 0.15) is 18.4 Å². The lowest BCUT2D eigenvalue weighted by Crippen LogP contribution is -2.43. The number of hydrogen-bond acceptors (Lipinski definition) is 6. The van der Waals surface area contributed by atoms with Crippen molar-refractivity contribution in [3.63, 3.8) is 0 Å². The summed E-state index contributed by atoms with van der Waals surface area (Å²) in [5, 5.41) is 4.24. The highest BCUT2D eigenvalue weighted by atomic mass is 35.5. The second-order valence-corrected chi connectivity index (χ2v) is 6.90. The number of carbonyl (C=O) groups excluding carboxylic acids is 1. The molecule has 1 aliphatic rings. The molecule has 0 unspecified atom stereocenters. The lowest BCUT2D eigenvalue weighted by molar-refractivity contribution is -0.129. The number of nitrogens with zero attached hydrogens (tertiary/aromatic N) is 3. The molecule has 0 amide bonds. The molecular formula is C20H23ClN4O2. The molecule has 1 saturated heterocycles. The third kappa shape index (κ3) is 5.77. The molecule has 1 N–H and O–H groups in total. The highest BCUT2D eigenvalue weighted by molar-refractivity contribution is 6.31. The SMILES string of the molecule is C=CC(=O)Oc1cnc(N[C@@H]2CCCN(CCc3ccccc3Cl)C2)cn1. The minimum absolute atomic E-state index is 0.162. The standard InChI is InChI=1S/C20H23ClN4O2/c1-2-20(26)27-19-13-22-18(12-23-19)24-16-7-5-10-25(14-16)11-9-15-6-3-4-8-17(15)21/h2-4,6,8,12-13,16H,1,5,7,9-11,14H2,(H,22,24)/t16-/m1/s1. The van der Waals surface area contributed by atoms with Gasteiger partial charge in [-0.2, -0.15) is 0 Å². The zero-order chi connectivity index (χ0) is 19.1. The molecule has 1 aromatic carbocycles. The molecule has 2 heterocycles. The van der Waals surface area contributed by atoms with Crippen LogP contribution in [0.25, 0.3) is 0 Å². The summed E-state index contributed by atoms with van der Waals surface area (Å²) in [5.41, 5.74) is 1.18. The number of aromatic nitrogens is 2. The molecule has 0 radical (unpaired) electrons. The van der Waals surface area contributed by atoms with Crippen molar-refractivity contribution in [3.8, 4) is 5.88 Å². The Morgan fingerprint density at radius 2 is 2.22 bits per heavy atom. The highest BCUT2D eigenvalue weighted by Gasteiger charge is 2.20. The van der Waals surface area contributed by atoms with Crippen molar-refractivity contribution >= 4 is 23.4 Å². The van der Waals surface area contributed by atoms with E-state index in [1.807, 2.05) is 18.2 Å². The number of benzene rings is 1. The summed E-state index contributed by atoms with van der Waals surface area (Å²) < 4.78 is 4.93. The fourth-order valence-electron chi connectivity index (χ4n) is 3.15. The van der Waals surface area contributed by atoms with Crippen LogP contribution < -0.4 is 10.1 Å². The Morgan fingerprint density at radius 1 is 1.37 bits per heavy atom. The molecule has 0 aliphatic carbocycles. The predicted molar refractivity (Wildman–Crippen MR) is 106 cm³/mol. The third-order valence-electron chi connectivity index (χ3n) is 4.51. The van der Waals surface area contributed by atoms with Crippen LogP contribution in [0.3, 0.4) is 0 Å². The van der Waals surface area contributed by atoms with Gasteiger partial charge in [0.05, 0.1) is 12.4 Å². The maximum absolute atomic E-state index is 11.2. The van der Waals surface area contributed by atoms with Gasteiger partial charge in [0.2, 0.25) is 5.88 Å². The zero-order valence-electron chi connectivity index (χ0n) is 15.1. The van der Waals surface area contributed by atoms with Crippen LogP contribution in [0, 0.1) is 0 Å². The van der Waals surface area contributed by atoms with E-state index in [-0.39, 0.29) is 5.88 Å². The number of nitrogens with one attached hydrogen (secondary N) is 1. The predicted octanol–water partition coefficient (Wildman–Crippen LogP) is 3.34. The first-order chi connectivity index (χ1) is 13.1. The van der Waals surface area contributed by atoms with E-state index in [0.717, 1.165) is 50.0 Å². The summed E-state index contributed by atoms with van der Waals surface area (Å²) in [6, 6.07) is 8.30. The smallest absolute Gasteiger partial charge is 0.336 e. The fourth-order valence-corrected chi connectivity index (χ4v) is 3.38. The maximum atomic E-state index is 11.2. The summed E-state index contributed by atoms with van der Waals surface area (Å²) >= 11 is 6.25. The number of piperidine rings is 1. The summed E-state index contributed by atoms with van der Waals surface area (Å²) in [4.78, 5) is 22.0. The van der Waals surface area contributed by atoms with Crippen molar-refractivity contribution in [1.82, 2.24) is 14.9 Å². The normalized spacial score (nSPS) is 17.3. The van der Waals surface area contributed by atoms with E-state index in [0.29, 0.717) is 11.9 Å². The Balaban J connectivity index is 1.50. The molecule has 1 aromatic heterocycles. The summed E-state index contributed by atoms with van der Waals surface area (Å²) in [6.45, 7) is 6.36. The minimum atomic E-state index is -0.550. The van der Waals surface area contributed by atoms with Crippen LogP contribution >= 0.6 is 11.6 Å². The minimum Gasteiger partial charge on any atom is -0.403 e. The van der Waals surface area contributed by atoms with Crippen LogP contribution in [0.2, 0.25) is 5.02 Å². The number of anilines is 1. The number of halogens is 1. The number of carbonyl (C=O) groups is 1. The largest absolute Gasteiger partial charge is 0.403 e. The average Bonchev–Trinajstić information content (AvgIpc) is 2.69. The average molecular weight is 387 g/mol. The van der Waals surface area contributed by atoms with Gasteiger partial charge >= 0.3 is 5.97 Å². The summed E-state index contributed by atoms with van der Waals surface area (Å²) in [7, 11) is 0. The van der Waals surface area contributed by atoms with E-state index in [9.17, 15) is 4.79 Å². The van der Waals surface area contributed by atoms with Crippen LogP contribution in [0.5, 0.6) is 5.88 Å². The van der Waals surface area contributed by atoms with Crippen molar-refractivity contribution in [2.24, 2.45) is 0 Å². The summed E-state index contributed by atoms with van der Waals surface area (Å²) in [6.07, 6.45) is 7.25. The van der Waals surface area contributed by atoms with E-state index in [1.165, 1.54) is 11.8 Å². The van der Waals surface area contributed by atoms with E-state index in [1.54, 1.807) is 6.20 Å². The lowest BCUT2D eigenvalue weighted by atomic mass is 10.0. The van der Waals surface area contributed by atoms with Crippen LogP contribution in [-0.2, 0) is 11.2 Å². The molecule has 1 atom stereocenters. The van der Waals surface area contributed by atoms with Gasteiger partial charge in [0, 0.05) is 30.2 Å². The fraction of sp³-hybridized carbons (Fsp3) is 0.350. The van der Waals surface area contributed by atoms with Gasteiger partial charge in [0.1, 0.15) is 5.82 Å². The van der Waals surface area contributed by atoms with Gasteiger partial charge in [0.25, 0.3) is 0 Å². The van der Waals surface area contributed by atoms with Crippen LogP contribution in [-0.4, -0.2) is 46.5 Å². The first kappa shape index (κ1) is 19.3. The zero-order valence-corrected chi connectivity index (χ0v) is 15.9. The van der Waals surface area contributed by atoms with E-state index < -0.39 is 5.97 Å². The first-order valence-corrected chi connectivity index (χ1v) is 9.40.